The fraction of sp³-hybridized carbons (Fsp3) is 0.133. The van der Waals surface area contributed by atoms with Gasteiger partial charge in [-0.3, -0.25) is 4.79 Å². The summed E-state index contributed by atoms with van der Waals surface area (Å²) in [4.78, 5) is 11.0. The molecule has 0 bridgehead atoms. The zero-order valence-electron chi connectivity index (χ0n) is 10.1. The van der Waals surface area contributed by atoms with Gasteiger partial charge in [0.25, 0.3) is 0 Å². The highest BCUT2D eigenvalue weighted by Crippen LogP contribution is 2.25. The second-order valence-corrected chi connectivity index (χ2v) is 4.06. The maximum absolute atomic E-state index is 11.0. The van der Waals surface area contributed by atoms with Crippen molar-refractivity contribution in [1.82, 2.24) is 0 Å². The topological polar surface area (TPSA) is 46.5 Å². The number of rotatable bonds is 4. The van der Waals surface area contributed by atoms with E-state index in [2.05, 4.69) is 0 Å². The molecule has 0 saturated heterocycles. The summed E-state index contributed by atoms with van der Waals surface area (Å²) in [5.41, 5.74) is 2.36. The molecule has 3 heteroatoms. The summed E-state index contributed by atoms with van der Waals surface area (Å²) in [6.07, 6.45) is 0.782. The summed E-state index contributed by atoms with van der Waals surface area (Å²) < 4.78 is 5.64. The predicted octanol–water partition coefficient (Wildman–Crippen LogP) is 3.09. The second-order valence-electron chi connectivity index (χ2n) is 4.06. The molecule has 2 aromatic rings. The maximum Gasteiger partial charge on any atom is 0.153 e. The minimum Gasteiger partial charge on any atom is -0.457 e. The first-order chi connectivity index (χ1) is 8.72. The quantitative estimate of drug-likeness (QED) is 0.838. The van der Waals surface area contributed by atoms with E-state index in [0.717, 1.165) is 17.4 Å². The number of aryl methyl sites for hydroxylation is 1. The third-order valence-electron chi connectivity index (χ3n) is 2.63. The molecule has 0 amide bonds. The van der Waals surface area contributed by atoms with E-state index in [9.17, 15) is 4.79 Å². The van der Waals surface area contributed by atoms with Gasteiger partial charge in [0.1, 0.15) is 11.5 Å². The lowest BCUT2D eigenvalue weighted by Crippen LogP contribution is -1.91. The Bertz CT molecular complexity index is 544. The van der Waals surface area contributed by atoms with Gasteiger partial charge in [-0.05, 0) is 36.8 Å². The molecule has 2 rings (SSSR count). The summed E-state index contributed by atoms with van der Waals surface area (Å²) in [5, 5.41) is 8.94. The molecule has 0 aliphatic heterocycles. The summed E-state index contributed by atoms with van der Waals surface area (Å²) in [7, 11) is 0. The standard InChI is InChI=1S/C15H14O3/c1-11-2-7-15(13(8-11)10-17)18-14-5-3-12(9-16)4-6-14/h2-8,10,16H,9H2,1H3. The molecule has 0 radical (unpaired) electrons. The van der Waals surface area contributed by atoms with E-state index < -0.39 is 0 Å². The number of aliphatic hydroxyl groups excluding tert-OH is 1. The summed E-state index contributed by atoms with van der Waals surface area (Å²) in [5.74, 6) is 1.17. The number of aliphatic hydroxyl groups is 1. The Balaban J connectivity index is 2.24. The Morgan fingerprint density at radius 3 is 2.50 bits per heavy atom. The molecule has 0 spiro atoms. The minimum absolute atomic E-state index is 0.00436. The Morgan fingerprint density at radius 1 is 1.17 bits per heavy atom. The van der Waals surface area contributed by atoms with Gasteiger partial charge in [-0.1, -0.05) is 23.8 Å². The van der Waals surface area contributed by atoms with Crippen molar-refractivity contribution in [2.45, 2.75) is 13.5 Å². The summed E-state index contributed by atoms with van der Waals surface area (Å²) in [6.45, 7) is 1.93. The van der Waals surface area contributed by atoms with Gasteiger partial charge in [-0.2, -0.15) is 0 Å². The van der Waals surface area contributed by atoms with Crippen molar-refractivity contribution in [3.8, 4) is 11.5 Å². The molecule has 0 aromatic heterocycles. The van der Waals surface area contributed by atoms with Gasteiger partial charge in [0.15, 0.2) is 6.29 Å². The van der Waals surface area contributed by atoms with E-state index >= 15 is 0 Å². The molecule has 0 fully saturated rings. The average molecular weight is 242 g/mol. The van der Waals surface area contributed by atoms with Crippen LogP contribution >= 0.6 is 0 Å². The Labute approximate surface area is 106 Å². The fourth-order valence-electron chi connectivity index (χ4n) is 1.64. The van der Waals surface area contributed by atoms with Crippen LogP contribution in [0.5, 0.6) is 11.5 Å². The summed E-state index contributed by atoms with van der Waals surface area (Å²) >= 11 is 0. The van der Waals surface area contributed by atoms with Gasteiger partial charge in [-0.15, -0.1) is 0 Å². The highest BCUT2D eigenvalue weighted by molar-refractivity contribution is 5.79. The van der Waals surface area contributed by atoms with Crippen molar-refractivity contribution < 1.29 is 14.6 Å². The van der Waals surface area contributed by atoms with Crippen molar-refractivity contribution in [2.24, 2.45) is 0 Å². The van der Waals surface area contributed by atoms with Crippen LogP contribution in [-0.2, 0) is 6.61 Å². The molecule has 3 nitrogen and oxygen atoms in total. The Morgan fingerprint density at radius 2 is 1.89 bits per heavy atom. The van der Waals surface area contributed by atoms with Crippen LogP contribution in [0.4, 0.5) is 0 Å². The smallest absolute Gasteiger partial charge is 0.153 e. The maximum atomic E-state index is 11.0. The van der Waals surface area contributed by atoms with Crippen LogP contribution in [-0.4, -0.2) is 11.4 Å². The van der Waals surface area contributed by atoms with Gasteiger partial charge in [0.05, 0.1) is 12.2 Å². The molecule has 0 atom stereocenters. The molecule has 0 saturated carbocycles. The largest absolute Gasteiger partial charge is 0.457 e. The van der Waals surface area contributed by atoms with Crippen molar-refractivity contribution in [2.75, 3.05) is 0 Å². The highest BCUT2D eigenvalue weighted by Gasteiger charge is 2.04. The molecular formula is C15H14O3. The van der Waals surface area contributed by atoms with E-state index in [0.29, 0.717) is 17.1 Å². The van der Waals surface area contributed by atoms with E-state index in [4.69, 9.17) is 9.84 Å². The molecule has 0 unspecified atom stereocenters. The lowest BCUT2D eigenvalue weighted by Gasteiger charge is -2.09. The zero-order chi connectivity index (χ0) is 13.0. The molecule has 0 heterocycles. The van der Waals surface area contributed by atoms with Crippen LogP contribution in [0.1, 0.15) is 21.5 Å². The number of benzene rings is 2. The van der Waals surface area contributed by atoms with Crippen LogP contribution in [0.25, 0.3) is 0 Å². The number of hydrogen-bond acceptors (Lipinski definition) is 3. The normalized spacial score (nSPS) is 10.1. The number of aldehydes is 1. The van der Waals surface area contributed by atoms with Gasteiger partial charge < -0.3 is 9.84 Å². The molecule has 2 aromatic carbocycles. The zero-order valence-corrected chi connectivity index (χ0v) is 10.1. The minimum atomic E-state index is 0.00436. The fourth-order valence-corrected chi connectivity index (χ4v) is 1.64. The Hall–Kier alpha value is -2.13. The third kappa shape index (κ3) is 2.76. The van der Waals surface area contributed by atoms with E-state index in [1.165, 1.54) is 0 Å². The SMILES string of the molecule is Cc1ccc(Oc2ccc(CO)cc2)c(C=O)c1. The van der Waals surface area contributed by atoms with Gasteiger partial charge in [0.2, 0.25) is 0 Å². The monoisotopic (exact) mass is 242 g/mol. The van der Waals surface area contributed by atoms with Gasteiger partial charge in [0, 0.05) is 0 Å². The van der Waals surface area contributed by atoms with E-state index in [1.807, 2.05) is 13.0 Å². The predicted molar refractivity (Wildman–Crippen MR) is 69.0 cm³/mol. The van der Waals surface area contributed by atoms with Crippen LogP contribution in [0.15, 0.2) is 42.5 Å². The van der Waals surface area contributed by atoms with E-state index in [1.54, 1.807) is 36.4 Å². The molecule has 18 heavy (non-hydrogen) atoms. The molecule has 1 N–H and O–H groups in total. The van der Waals surface area contributed by atoms with Crippen LogP contribution in [0.2, 0.25) is 0 Å². The van der Waals surface area contributed by atoms with Crippen LogP contribution in [0.3, 0.4) is 0 Å². The van der Waals surface area contributed by atoms with E-state index in [-0.39, 0.29) is 6.61 Å². The Kier molecular flexibility index (Phi) is 3.75. The van der Waals surface area contributed by atoms with Crippen molar-refractivity contribution in [1.29, 1.82) is 0 Å². The summed E-state index contributed by atoms with van der Waals surface area (Å²) in [6, 6.07) is 12.5. The first kappa shape index (κ1) is 12.3. The second kappa shape index (κ2) is 5.47. The van der Waals surface area contributed by atoms with Crippen LogP contribution in [0, 0.1) is 6.92 Å². The number of carbonyl (C=O) groups excluding carboxylic acids is 1. The number of hydrogen-bond donors (Lipinski definition) is 1. The van der Waals surface area contributed by atoms with Crippen molar-refractivity contribution in [3.63, 3.8) is 0 Å². The van der Waals surface area contributed by atoms with Crippen molar-refractivity contribution >= 4 is 6.29 Å². The number of ether oxygens (including phenoxy) is 1. The number of carbonyl (C=O) groups is 1. The van der Waals surface area contributed by atoms with Gasteiger partial charge in [-0.25, -0.2) is 0 Å². The average Bonchev–Trinajstić information content (AvgIpc) is 2.41. The molecule has 0 aliphatic carbocycles. The van der Waals surface area contributed by atoms with Crippen molar-refractivity contribution in [3.05, 3.63) is 59.2 Å². The molecule has 92 valence electrons. The van der Waals surface area contributed by atoms with Crippen LogP contribution < -0.4 is 4.74 Å². The third-order valence-corrected chi connectivity index (χ3v) is 2.63. The molecule has 0 aliphatic rings. The lowest BCUT2D eigenvalue weighted by atomic mass is 10.1. The first-order valence-corrected chi connectivity index (χ1v) is 5.66. The first-order valence-electron chi connectivity index (χ1n) is 5.66. The van der Waals surface area contributed by atoms with Gasteiger partial charge >= 0.3 is 0 Å². The molecular weight excluding hydrogens is 228 g/mol. The lowest BCUT2D eigenvalue weighted by molar-refractivity contribution is 0.112. The highest BCUT2D eigenvalue weighted by atomic mass is 16.5.